The average molecular weight is 364 g/mol. The van der Waals surface area contributed by atoms with Crippen molar-refractivity contribution in [1.29, 1.82) is 0 Å². The lowest BCUT2D eigenvalue weighted by Crippen LogP contribution is -2.42. The van der Waals surface area contributed by atoms with Gasteiger partial charge in [-0.25, -0.2) is 4.79 Å². The molecule has 2 heterocycles. The van der Waals surface area contributed by atoms with E-state index in [0.717, 1.165) is 11.8 Å². The number of benzene rings is 1. The second-order valence-electron chi connectivity index (χ2n) is 5.05. The van der Waals surface area contributed by atoms with Crippen LogP contribution >= 0.6 is 11.8 Å². The third-order valence-electron chi connectivity index (χ3n) is 3.25. The number of thioether (sulfide) groups is 1. The first kappa shape index (κ1) is 17.1. The predicted octanol–water partition coefficient (Wildman–Crippen LogP) is 1.79. The molecule has 0 fully saturated rings. The molecule has 10 heteroatoms. The minimum absolute atomic E-state index is 0.182. The Balaban J connectivity index is 1.63. The van der Waals surface area contributed by atoms with E-state index in [-0.39, 0.29) is 12.0 Å². The second-order valence-corrected chi connectivity index (χ2v) is 6.34. The van der Waals surface area contributed by atoms with E-state index in [2.05, 4.69) is 20.8 Å². The van der Waals surface area contributed by atoms with E-state index in [0.29, 0.717) is 29.5 Å². The second kappa shape index (κ2) is 7.43. The van der Waals surface area contributed by atoms with Crippen molar-refractivity contribution in [3.8, 4) is 23.0 Å². The number of urea groups is 1. The van der Waals surface area contributed by atoms with Gasteiger partial charge in [0.25, 0.3) is 5.22 Å². The molecule has 1 aromatic carbocycles. The standard InChI is InChI=1S/C15H16N4O5S/c1-3-16-14(21)17-12(20)8(2)25-15-19-18-13(24-15)9-4-5-10-11(6-9)23-7-22-10/h4-6,8H,3,7H2,1-2H3,(H2,16,17,20,21)/t8-/m0/s1. The maximum Gasteiger partial charge on any atom is 0.321 e. The van der Waals surface area contributed by atoms with Crippen LogP contribution in [0.4, 0.5) is 4.79 Å². The summed E-state index contributed by atoms with van der Waals surface area (Å²) in [6, 6.07) is 4.75. The van der Waals surface area contributed by atoms with Crippen molar-refractivity contribution in [3.05, 3.63) is 18.2 Å². The van der Waals surface area contributed by atoms with Crippen molar-refractivity contribution >= 4 is 23.7 Å². The minimum atomic E-state index is -0.576. The van der Waals surface area contributed by atoms with Gasteiger partial charge in [0.15, 0.2) is 11.5 Å². The fourth-order valence-electron chi connectivity index (χ4n) is 2.03. The Morgan fingerprint density at radius 1 is 1.28 bits per heavy atom. The maximum atomic E-state index is 11.9. The first-order valence-corrected chi connectivity index (χ1v) is 8.43. The Labute approximate surface area is 147 Å². The van der Waals surface area contributed by atoms with Gasteiger partial charge in [0.1, 0.15) is 0 Å². The fraction of sp³-hybridized carbons (Fsp3) is 0.333. The van der Waals surface area contributed by atoms with Crippen LogP contribution in [0.2, 0.25) is 0 Å². The molecule has 0 radical (unpaired) electrons. The molecule has 0 saturated carbocycles. The Bertz CT molecular complexity index is 794. The summed E-state index contributed by atoms with van der Waals surface area (Å²) < 4.78 is 16.1. The smallest absolute Gasteiger partial charge is 0.321 e. The molecule has 0 spiro atoms. The highest BCUT2D eigenvalue weighted by Crippen LogP contribution is 2.36. The molecule has 1 atom stereocenters. The number of carbonyl (C=O) groups is 2. The zero-order chi connectivity index (χ0) is 17.8. The summed E-state index contributed by atoms with van der Waals surface area (Å²) in [5, 5.41) is 12.3. The molecule has 2 N–H and O–H groups in total. The molecule has 3 rings (SSSR count). The molecule has 0 bridgehead atoms. The molecule has 0 unspecified atom stereocenters. The summed E-state index contributed by atoms with van der Waals surface area (Å²) in [6.07, 6.45) is 0. The molecular weight excluding hydrogens is 348 g/mol. The largest absolute Gasteiger partial charge is 0.454 e. The topological polar surface area (TPSA) is 116 Å². The number of aromatic nitrogens is 2. The number of ether oxygens (including phenoxy) is 2. The number of carbonyl (C=O) groups excluding carboxylic acids is 2. The van der Waals surface area contributed by atoms with Crippen LogP contribution < -0.4 is 20.1 Å². The van der Waals surface area contributed by atoms with Crippen molar-refractivity contribution in [2.24, 2.45) is 0 Å². The number of hydrogen-bond donors (Lipinski definition) is 2. The van der Waals surface area contributed by atoms with E-state index in [1.807, 2.05) is 0 Å². The summed E-state index contributed by atoms with van der Waals surface area (Å²) in [5.41, 5.74) is 0.683. The number of imide groups is 1. The number of fused-ring (bicyclic) bond motifs is 1. The molecule has 1 aromatic heterocycles. The highest BCUT2D eigenvalue weighted by atomic mass is 32.2. The molecule has 132 valence electrons. The lowest BCUT2D eigenvalue weighted by molar-refractivity contribution is -0.119. The van der Waals surface area contributed by atoms with Gasteiger partial charge in [0, 0.05) is 12.1 Å². The normalized spacial score (nSPS) is 13.4. The molecule has 25 heavy (non-hydrogen) atoms. The van der Waals surface area contributed by atoms with Crippen molar-refractivity contribution in [2.45, 2.75) is 24.3 Å². The lowest BCUT2D eigenvalue weighted by Gasteiger charge is -2.08. The number of rotatable bonds is 5. The van der Waals surface area contributed by atoms with Gasteiger partial charge >= 0.3 is 6.03 Å². The van der Waals surface area contributed by atoms with E-state index < -0.39 is 17.2 Å². The van der Waals surface area contributed by atoms with Crippen LogP contribution in [0, 0.1) is 0 Å². The highest BCUT2D eigenvalue weighted by Gasteiger charge is 2.21. The van der Waals surface area contributed by atoms with Crippen LogP contribution in [0.5, 0.6) is 11.5 Å². The quantitative estimate of drug-likeness (QED) is 0.772. The summed E-state index contributed by atoms with van der Waals surface area (Å²) in [6.45, 7) is 4.02. The molecule has 0 saturated heterocycles. The third-order valence-corrected chi connectivity index (χ3v) is 4.18. The van der Waals surface area contributed by atoms with Crippen LogP contribution in [0.1, 0.15) is 13.8 Å². The Hall–Kier alpha value is -2.75. The monoisotopic (exact) mass is 364 g/mol. The van der Waals surface area contributed by atoms with E-state index in [1.54, 1.807) is 32.0 Å². The Morgan fingerprint density at radius 3 is 2.88 bits per heavy atom. The van der Waals surface area contributed by atoms with Gasteiger partial charge in [-0.3, -0.25) is 10.1 Å². The molecule has 1 aliphatic heterocycles. The zero-order valence-electron chi connectivity index (χ0n) is 13.6. The van der Waals surface area contributed by atoms with Crippen LogP contribution in [0.25, 0.3) is 11.5 Å². The summed E-state index contributed by atoms with van der Waals surface area (Å²) in [7, 11) is 0. The Morgan fingerprint density at radius 2 is 2.08 bits per heavy atom. The van der Waals surface area contributed by atoms with E-state index >= 15 is 0 Å². The fourth-order valence-corrected chi connectivity index (χ4v) is 2.71. The van der Waals surface area contributed by atoms with Gasteiger partial charge < -0.3 is 19.2 Å². The van der Waals surface area contributed by atoms with Crippen molar-refractivity contribution in [1.82, 2.24) is 20.8 Å². The third kappa shape index (κ3) is 4.02. The first-order valence-electron chi connectivity index (χ1n) is 7.55. The predicted molar refractivity (Wildman–Crippen MR) is 88.4 cm³/mol. The number of nitrogens with zero attached hydrogens (tertiary/aromatic N) is 2. The van der Waals surface area contributed by atoms with Gasteiger partial charge in [-0.1, -0.05) is 11.8 Å². The van der Waals surface area contributed by atoms with E-state index in [1.165, 1.54) is 0 Å². The Kier molecular flexibility index (Phi) is 5.08. The number of hydrogen-bond acceptors (Lipinski definition) is 8. The molecule has 2 aromatic rings. The van der Waals surface area contributed by atoms with Crippen molar-refractivity contribution < 1.29 is 23.5 Å². The van der Waals surface area contributed by atoms with Crippen molar-refractivity contribution in [3.63, 3.8) is 0 Å². The van der Waals surface area contributed by atoms with Gasteiger partial charge in [0.2, 0.25) is 18.6 Å². The van der Waals surface area contributed by atoms with Gasteiger partial charge in [-0.15, -0.1) is 10.2 Å². The molecule has 9 nitrogen and oxygen atoms in total. The van der Waals surface area contributed by atoms with Crippen LogP contribution in [-0.2, 0) is 4.79 Å². The van der Waals surface area contributed by atoms with Crippen LogP contribution in [0.3, 0.4) is 0 Å². The molecule has 3 amide bonds. The zero-order valence-corrected chi connectivity index (χ0v) is 14.4. The van der Waals surface area contributed by atoms with E-state index in [9.17, 15) is 9.59 Å². The van der Waals surface area contributed by atoms with Gasteiger partial charge in [-0.05, 0) is 32.0 Å². The van der Waals surface area contributed by atoms with Gasteiger partial charge in [0.05, 0.1) is 5.25 Å². The number of amides is 3. The van der Waals surface area contributed by atoms with Crippen molar-refractivity contribution in [2.75, 3.05) is 13.3 Å². The minimum Gasteiger partial charge on any atom is -0.454 e. The summed E-state index contributed by atoms with van der Waals surface area (Å²) >= 11 is 1.06. The molecule has 0 aliphatic carbocycles. The first-order chi connectivity index (χ1) is 12.1. The van der Waals surface area contributed by atoms with Crippen LogP contribution in [-0.4, -0.2) is 40.7 Å². The molecule has 1 aliphatic rings. The highest BCUT2D eigenvalue weighted by molar-refractivity contribution is 8.00. The van der Waals surface area contributed by atoms with E-state index in [4.69, 9.17) is 13.9 Å². The maximum absolute atomic E-state index is 11.9. The molecular formula is C15H16N4O5S. The SMILES string of the molecule is CCNC(=O)NC(=O)[C@H](C)Sc1nnc(-c2ccc3c(c2)OCO3)o1. The average Bonchev–Trinajstić information content (AvgIpc) is 3.23. The lowest BCUT2D eigenvalue weighted by atomic mass is 10.2. The van der Waals surface area contributed by atoms with Crippen LogP contribution in [0.15, 0.2) is 27.8 Å². The van der Waals surface area contributed by atoms with Gasteiger partial charge in [-0.2, -0.15) is 0 Å². The summed E-state index contributed by atoms with van der Waals surface area (Å²) in [4.78, 5) is 23.3. The summed E-state index contributed by atoms with van der Waals surface area (Å²) in [5.74, 6) is 1.13. The number of nitrogens with one attached hydrogen (secondary N) is 2.